The van der Waals surface area contributed by atoms with Crippen LogP contribution in [0.2, 0.25) is 0 Å². The average molecular weight is 838 g/mol. The molecular weight excluding hydrogens is 779 g/mol. The van der Waals surface area contributed by atoms with Crippen LogP contribution in [0.1, 0.15) is 80.9 Å². The summed E-state index contributed by atoms with van der Waals surface area (Å²) in [6, 6.07) is 19.9. The van der Waals surface area contributed by atoms with E-state index < -0.39 is 27.8 Å². The summed E-state index contributed by atoms with van der Waals surface area (Å²) in [5, 5.41) is 25.2. The zero-order chi connectivity index (χ0) is 42.4. The highest BCUT2D eigenvalue weighted by Crippen LogP contribution is 2.62. The Balaban J connectivity index is 1.47. The summed E-state index contributed by atoms with van der Waals surface area (Å²) in [6.07, 6.45) is 10.8. The molecule has 12 heteroatoms. The van der Waals surface area contributed by atoms with Crippen LogP contribution >= 0.6 is 0 Å². The average Bonchev–Trinajstić information content (AvgIpc) is 3.25. The number of hydrogen-bond acceptors (Lipinski definition) is 10. The zero-order valence-corrected chi connectivity index (χ0v) is 36.1. The Labute approximate surface area is 354 Å². The number of aromatic nitrogens is 1. The number of aliphatic hydroxyl groups excluding tert-OH is 2. The van der Waals surface area contributed by atoms with Gasteiger partial charge < -0.3 is 29.3 Å². The van der Waals surface area contributed by atoms with Gasteiger partial charge in [-0.2, -0.15) is 4.31 Å². The number of sulfonamides is 1. The molecule has 2 N–H and O–H groups in total. The van der Waals surface area contributed by atoms with E-state index in [4.69, 9.17) is 19.0 Å². The summed E-state index contributed by atoms with van der Waals surface area (Å²) in [6.45, 7) is 10.6. The van der Waals surface area contributed by atoms with Crippen LogP contribution in [-0.4, -0.2) is 78.9 Å². The van der Waals surface area contributed by atoms with Gasteiger partial charge in [0.2, 0.25) is 15.8 Å². The lowest BCUT2D eigenvalue weighted by Gasteiger charge is -2.59. The molecule has 2 heterocycles. The molecule has 0 amide bonds. The number of fused-ring (bicyclic) bond motifs is 3. The number of ether oxygens (including phenoxy) is 3. The van der Waals surface area contributed by atoms with Crippen molar-refractivity contribution in [1.29, 1.82) is 0 Å². The molecule has 60 heavy (non-hydrogen) atoms. The number of para-hydroxylation sites is 1. The van der Waals surface area contributed by atoms with Gasteiger partial charge in [0.15, 0.2) is 0 Å². The van der Waals surface area contributed by atoms with Gasteiger partial charge in [0.05, 0.1) is 29.8 Å². The van der Waals surface area contributed by atoms with Gasteiger partial charge in [0.1, 0.15) is 29.3 Å². The Morgan fingerprint density at radius 1 is 0.983 bits per heavy atom. The predicted octanol–water partition coefficient (Wildman–Crippen LogP) is 9.01. The van der Waals surface area contributed by atoms with Crippen LogP contribution in [0.4, 0.5) is 0 Å². The topological polar surface area (TPSA) is 140 Å². The minimum absolute atomic E-state index is 0.0243. The number of pyridine rings is 1. The van der Waals surface area contributed by atoms with Gasteiger partial charge in [-0.25, -0.2) is 8.42 Å². The minimum Gasteiger partial charge on any atom is -0.460 e. The second kappa shape index (κ2) is 19.0. The second-order valence-corrected chi connectivity index (χ2v) is 18.1. The van der Waals surface area contributed by atoms with Crippen LogP contribution in [0.15, 0.2) is 107 Å². The van der Waals surface area contributed by atoms with Crippen LogP contribution in [0.3, 0.4) is 0 Å². The second-order valence-electron chi connectivity index (χ2n) is 16.3. The first-order chi connectivity index (χ1) is 29.1. The number of unbranched alkanes of at least 4 members (excludes halogenated alkanes) is 2. The van der Waals surface area contributed by atoms with Crippen LogP contribution in [0.25, 0.3) is 10.9 Å². The fourth-order valence-electron chi connectivity index (χ4n) is 9.79. The highest BCUT2D eigenvalue weighted by molar-refractivity contribution is 7.89. The molecule has 6 unspecified atom stereocenters. The number of aryl methyl sites for hydroxylation is 2. The Kier molecular flexibility index (Phi) is 13.8. The number of benzene rings is 3. The van der Waals surface area contributed by atoms with E-state index >= 15 is 8.42 Å². The van der Waals surface area contributed by atoms with Crippen molar-refractivity contribution in [3.63, 3.8) is 0 Å². The molecule has 0 spiro atoms. The quantitative estimate of drug-likeness (QED) is 0.0538. The predicted molar refractivity (Wildman–Crippen MR) is 234 cm³/mol. The molecule has 0 radical (unpaired) electrons. The van der Waals surface area contributed by atoms with Crippen LogP contribution in [0.5, 0.6) is 17.2 Å². The first kappa shape index (κ1) is 43.5. The fourth-order valence-corrected chi connectivity index (χ4v) is 11.7. The number of hydrogen-bond donors (Lipinski definition) is 2. The Morgan fingerprint density at radius 3 is 2.47 bits per heavy atom. The molecule has 7 rings (SSSR count). The van der Waals surface area contributed by atoms with Gasteiger partial charge in [-0.3, -0.25) is 4.98 Å². The standard InChI is InChI=1S/C48H59N3O8S/c1-6-24-51(60(54,55)43-18-12-15-34-16-13-23-49-47(34)43)44-31-41(50-56-5)39-29-35(14-8-10-25-52)38(17-9-11-26-53)45-40-30-37(58-36-20-19-32(3)33(4)28-36)21-22-42(40)59-48(44,46(39)45)57-27-7-2/h7,12-13,15-16,18-23,28-30,35,38,44-46,52-53H,2,6,8-11,14,17,24-27,31H2,1,3-5H3. The van der Waals surface area contributed by atoms with E-state index in [-0.39, 0.29) is 55.4 Å². The van der Waals surface area contributed by atoms with Crippen molar-refractivity contribution in [1.82, 2.24) is 9.29 Å². The minimum atomic E-state index is -4.25. The summed E-state index contributed by atoms with van der Waals surface area (Å²) in [4.78, 5) is 10.2. The van der Waals surface area contributed by atoms with Crippen molar-refractivity contribution >= 4 is 26.6 Å². The van der Waals surface area contributed by atoms with E-state index in [1.54, 1.807) is 34.8 Å². The number of rotatable bonds is 19. The number of nitrogens with zero attached hydrogens (tertiary/aromatic N) is 3. The summed E-state index contributed by atoms with van der Waals surface area (Å²) >= 11 is 0. The van der Waals surface area contributed by atoms with Gasteiger partial charge in [-0.1, -0.05) is 61.3 Å². The van der Waals surface area contributed by atoms with E-state index in [1.807, 2.05) is 49.4 Å². The molecule has 320 valence electrons. The van der Waals surface area contributed by atoms with Gasteiger partial charge in [-0.15, -0.1) is 6.58 Å². The molecule has 3 aliphatic rings. The normalized spacial score (nSPS) is 24.1. The number of aliphatic hydroxyl groups is 2. The van der Waals surface area contributed by atoms with Crippen molar-refractivity contribution < 1.29 is 37.7 Å². The summed E-state index contributed by atoms with van der Waals surface area (Å²) < 4.78 is 53.3. The van der Waals surface area contributed by atoms with Crippen molar-refractivity contribution in [2.24, 2.45) is 22.9 Å². The molecule has 1 fully saturated rings. The highest BCUT2D eigenvalue weighted by atomic mass is 32.2. The Bertz CT molecular complexity index is 2320. The molecular formula is C48H59N3O8S. The molecule has 0 saturated heterocycles. The lowest BCUT2D eigenvalue weighted by atomic mass is 9.55. The van der Waals surface area contributed by atoms with Crippen LogP contribution < -0.4 is 9.47 Å². The lowest BCUT2D eigenvalue weighted by Crippen LogP contribution is -2.70. The molecule has 4 aromatic rings. The molecule has 1 saturated carbocycles. The first-order valence-electron chi connectivity index (χ1n) is 21.3. The molecule has 3 aromatic carbocycles. The smallest absolute Gasteiger partial charge is 0.245 e. The van der Waals surface area contributed by atoms with Gasteiger partial charge in [0, 0.05) is 49.2 Å². The SMILES string of the molecule is C=CCOC12Oc3ccc(Oc4ccc(C)c(C)c4)cc3C3C(CCCCO)C(CCCCO)C=C(C(=NOC)CC1N(CCC)S(=O)(=O)c1cccc4cccnc14)C32. The lowest BCUT2D eigenvalue weighted by molar-refractivity contribution is -0.251. The maximum absolute atomic E-state index is 15.4. The van der Waals surface area contributed by atoms with Crippen LogP contribution in [0, 0.1) is 31.6 Å². The van der Waals surface area contributed by atoms with Gasteiger partial charge in [0.25, 0.3) is 0 Å². The summed E-state index contributed by atoms with van der Waals surface area (Å²) in [7, 11) is -2.73. The third-order valence-corrected chi connectivity index (χ3v) is 14.5. The van der Waals surface area contributed by atoms with Crippen molar-refractivity contribution in [3.05, 3.63) is 114 Å². The van der Waals surface area contributed by atoms with E-state index in [0.717, 1.165) is 53.5 Å². The molecule has 1 aromatic heterocycles. The van der Waals surface area contributed by atoms with E-state index in [1.165, 1.54) is 12.7 Å². The van der Waals surface area contributed by atoms with Gasteiger partial charge >= 0.3 is 0 Å². The molecule has 1 aliphatic heterocycles. The first-order valence-corrected chi connectivity index (χ1v) is 22.8. The molecule has 6 atom stereocenters. The number of allylic oxidation sites excluding steroid dienone is 1. The highest BCUT2D eigenvalue weighted by Gasteiger charge is 2.66. The Morgan fingerprint density at radius 2 is 1.73 bits per heavy atom. The van der Waals surface area contributed by atoms with Crippen molar-refractivity contribution in [2.75, 3.05) is 33.5 Å². The molecule has 0 bridgehead atoms. The van der Waals surface area contributed by atoms with E-state index in [0.29, 0.717) is 42.0 Å². The largest absolute Gasteiger partial charge is 0.460 e. The van der Waals surface area contributed by atoms with E-state index in [9.17, 15) is 10.2 Å². The fraction of sp³-hybridized carbons (Fsp3) is 0.458. The third kappa shape index (κ3) is 8.37. The Hall–Kier alpha value is -4.59. The van der Waals surface area contributed by atoms with E-state index in [2.05, 4.69) is 42.7 Å². The zero-order valence-electron chi connectivity index (χ0n) is 35.3. The third-order valence-electron chi connectivity index (χ3n) is 12.5. The molecule has 2 aliphatic carbocycles. The maximum Gasteiger partial charge on any atom is 0.245 e. The monoisotopic (exact) mass is 837 g/mol. The molecule has 11 nitrogen and oxygen atoms in total. The maximum atomic E-state index is 15.4. The van der Waals surface area contributed by atoms with Crippen molar-refractivity contribution in [3.8, 4) is 17.2 Å². The van der Waals surface area contributed by atoms with Crippen molar-refractivity contribution in [2.45, 2.75) is 94.8 Å². The summed E-state index contributed by atoms with van der Waals surface area (Å²) in [5.74, 6) is -0.276. The van der Waals surface area contributed by atoms with Gasteiger partial charge in [-0.05, 0) is 117 Å². The number of oxime groups is 1. The summed E-state index contributed by atoms with van der Waals surface area (Å²) in [5.41, 5.74) is 5.17. The van der Waals surface area contributed by atoms with Crippen LogP contribution in [-0.2, 0) is 19.6 Å².